The van der Waals surface area contributed by atoms with Gasteiger partial charge in [-0.3, -0.25) is 0 Å². The SMILES string of the molecule is CCCCC[N+](CCCCC)(CCCCC)CC1CO1.[Cl-]. The van der Waals surface area contributed by atoms with Gasteiger partial charge < -0.3 is 21.6 Å². The van der Waals surface area contributed by atoms with Gasteiger partial charge in [-0.05, 0) is 38.5 Å². The monoisotopic (exact) mass is 319 g/mol. The lowest BCUT2D eigenvalue weighted by molar-refractivity contribution is -0.929. The number of rotatable bonds is 14. The fourth-order valence-electron chi connectivity index (χ4n) is 3.31. The molecule has 1 unspecified atom stereocenters. The molecule has 128 valence electrons. The lowest BCUT2D eigenvalue weighted by Crippen LogP contribution is -3.00. The Labute approximate surface area is 139 Å². The van der Waals surface area contributed by atoms with Gasteiger partial charge in [-0.2, -0.15) is 0 Å². The van der Waals surface area contributed by atoms with Crippen molar-refractivity contribution in [2.45, 2.75) is 84.7 Å². The van der Waals surface area contributed by atoms with E-state index in [4.69, 9.17) is 4.74 Å². The van der Waals surface area contributed by atoms with E-state index in [-0.39, 0.29) is 12.4 Å². The Balaban J connectivity index is 0.00000400. The first-order valence-electron chi connectivity index (χ1n) is 9.23. The van der Waals surface area contributed by atoms with Crippen molar-refractivity contribution in [1.29, 1.82) is 0 Å². The van der Waals surface area contributed by atoms with Gasteiger partial charge in [0.25, 0.3) is 0 Å². The summed E-state index contributed by atoms with van der Waals surface area (Å²) >= 11 is 0. The van der Waals surface area contributed by atoms with Gasteiger partial charge in [0.05, 0.1) is 26.2 Å². The summed E-state index contributed by atoms with van der Waals surface area (Å²) in [6.45, 7) is 13.4. The van der Waals surface area contributed by atoms with Gasteiger partial charge >= 0.3 is 0 Å². The van der Waals surface area contributed by atoms with Crippen molar-refractivity contribution in [2.24, 2.45) is 0 Å². The zero-order chi connectivity index (χ0) is 14.7. The molecule has 1 atom stereocenters. The summed E-state index contributed by atoms with van der Waals surface area (Å²) in [6.07, 6.45) is 13.0. The average molecular weight is 320 g/mol. The van der Waals surface area contributed by atoms with Gasteiger partial charge in [0.15, 0.2) is 0 Å². The highest BCUT2D eigenvalue weighted by Gasteiger charge is 2.36. The Bertz CT molecular complexity index is 205. The molecule has 1 fully saturated rings. The highest BCUT2D eigenvalue weighted by atomic mass is 35.5. The van der Waals surface area contributed by atoms with Crippen molar-refractivity contribution < 1.29 is 21.6 Å². The van der Waals surface area contributed by atoms with E-state index in [1.54, 1.807) is 0 Å². The second-order valence-electron chi connectivity index (χ2n) is 6.77. The molecule has 3 heteroatoms. The molecule has 1 saturated heterocycles. The summed E-state index contributed by atoms with van der Waals surface area (Å²) in [5.41, 5.74) is 0. The van der Waals surface area contributed by atoms with Gasteiger partial charge in [-0.25, -0.2) is 0 Å². The first-order valence-corrected chi connectivity index (χ1v) is 9.23. The van der Waals surface area contributed by atoms with Crippen LogP contribution in [0.3, 0.4) is 0 Å². The molecule has 0 aromatic heterocycles. The Morgan fingerprint density at radius 3 is 1.43 bits per heavy atom. The molecule has 1 aliphatic heterocycles. The van der Waals surface area contributed by atoms with Crippen LogP contribution in [0.4, 0.5) is 0 Å². The third-order valence-electron chi connectivity index (χ3n) is 4.70. The van der Waals surface area contributed by atoms with Crippen LogP contribution in [-0.2, 0) is 4.74 Å². The maximum absolute atomic E-state index is 5.57. The molecule has 1 aliphatic rings. The van der Waals surface area contributed by atoms with E-state index in [0.717, 1.165) is 6.61 Å². The summed E-state index contributed by atoms with van der Waals surface area (Å²) < 4.78 is 6.92. The number of hydrogen-bond acceptors (Lipinski definition) is 1. The second-order valence-corrected chi connectivity index (χ2v) is 6.77. The van der Waals surface area contributed by atoms with Crippen molar-refractivity contribution in [2.75, 3.05) is 32.8 Å². The number of quaternary nitrogens is 1. The topological polar surface area (TPSA) is 12.5 Å². The van der Waals surface area contributed by atoms with E-state index >= 15 is 0 Å². The third kappa shape index (κ3) is 9.76. The molecule has 0 amide bonds. The van der Waals surface area contributed by atoms with Crippen molar-refractivity contribution in [1.82, 2.24) is 0 Å². The molecule has 1 rings (SSSR count). The number of hydrogen-bond donors (Lipinski definition) is 0. The molecule has 0 aromatic carbocycles. The predicted octanol–water partition coefficient (Wildman–Crippen LogP) is 1.78. The maximum atomic E-state index is 5.57. The van der Waals surface area contributed by atoms with E-state index in [1.807, 2.05) is 0 Å². The molecular weight excluding hydrogens is 282 g/mol. The number of ether oxygens (including phenoxy) is 1. The fourth-order valence-corrected chi connectivity index (χ4v) is 3.31. The molecule has 0 aliphatic carbocycles. The zero-order valence-electron chi connectivity index (χ0n) is 14.7. The second kappa shape index (κ2) is 12.7. The van der Waals surface area contributed by atoms with E-state index in [1.165, 1.54) is 88.4 Å². The van der Waals surface area contributed by atoms with Crippen LogP contribution in [-0.4, -0.2) is 43.4 Å². The largest absolute Gasteiger partial charge is 1.00 e. The molecule has 0 saturated carbocycles. The number of unbranched alkanes of at least 4 members (excludes halogenated alkanes) is 6. The molecule has 1 heterocycles. The van der Waals surface area contributed by atoms with Crippen LogP contribution in [0.15, 0.2) is 0 Å². The maximum Gasteiger partial charge on any atom is 0.130 e. The fraction of sp³-hybridized carbons (Fsp3) is 1.00. The molecule has 21 heavy (non-hydrogen) atoms. The van der Waals surface area contributed by atoms with Crippen LogP contribution in [0.1, 0.15) is 78.6 Å². The zero-order valence-corrected chi connectivity index (χ0v) is 15.5. The predicted molar refractivity (Wildman–Crippen MR) is 88.0 cm³/mol. The minimum Gasteiger partial charge on any atom is -1.00 e. The molecule has 0 spiro atoms. The van der Waals surface area contributed by atoms with Gasteiger partial charge in [0.2, 0.25) is 0 Å². The summed E-state index contributed by atoms with van der Waals surface area (Å²) in [5.74, 6) is 0. The first-order chi connectivity index (χ1) is 9.76. The van der Waals surface area contributed by atoms with Gasteiger partial charge in [0, 0.05) is 0 Å². The van der Waals surface area contributed by atoms with Crippen LogP contribution in [0, 0.1) is 0 Å². The van der Waals surface area contributed by atoms with Crippen LogP contribution in [0.25, 0.3) is 0 Å². The van der Waals surface area contributed by atoms with E-state index in [0.29, 0.717) is 6.10 Å². The minimum atomic E-state index is 0. The Morgan fingerprint density at radius 2 is 1.14 bits per heavy atom. The minimum absolute atomic E-state index is 0. The summed E-state index contributed by atoms with van der Waals surface area (Å²) in [5, 5.41) is 0. The number of epoxide rings is 1. The first kappa shape index (κ1) is 21.2. The number of halogens is 1. The van der Waals surface area contributed by atoms with Crippen LogP contribution in [0.5, 0.6) is 0 Å². The van der Waals surface area contributed by atoms with Crippen molar-refractivity contribution in [3.05, 3.63) is 0 Å². The van der Waals surface area contributed by atoms with Crippen LogP contribution >= 0.6 is 0 Å². The Morgan fingerprint density at radius 1 is 0.762 bits per heavy atom. The van der Waals surface area contributed by atoms with Crippen LogP contribution in [0.2, 0.25) is 0 Å². The molecule has 0 aromatic rings. The summed E-state index contributed by atoms with van der Waals surface area (Å²) in [6, 6.07) is 0. The highest BCUT2D eigenvalue weighted by Crippen LogP contribution is 2.22. The molecule has 0 radical (unpaired) electrons. The Kier molecular flexibility index (Phi) is 12.9. The molecule has 2 nitrogen and oxygen atoms in total. The molecule has 0 N–H and O–H groups in total. The van der Waals surface area contributed by atoms with Crippen LogP contribution < -0.4 is 12.4 Å². The third-order valence-corrected chi connectivity index (χ3v) is 4.70. The quantitative estimate of drug-likeness (QED) is 0.270. The Hall–Kier alpha value is 0.210. The lowest BCUT2D eigenvalue weighted by atomic mass is 10.1. The molecule has 0 bridgehead atoms. The van der Waals surface area contributed by atoms with Crippen molar-refractivity contribution in [3.63, 3.8) is 0 Å². The molecular formula is C18H38ClNO. The van der Waals surface area contributed by atoms with Crippen molar-refractivity contribution >= 4 is 0 Å². The average Bonchev–Trinajstić information content (AvgIpc) is 3.23. The standard InChI is InChI=1S/C18H38NO.ClH/c1-4-7-10-13-19(14-11-8-5-2,15-12-9-6-3)16-18-17-20-18;/h18H,4-17H2,1-3H3;1H/q+1;/p-1. The number of nitrogens with zero attached hydrogens (tertiary/aromatic N) is 1. The lowest BCUT2D eigenvalue weighted by Gasteiger charge is -2.39. The smallest absolute Gasteiger partial charge is 0.130 e. The van der Waals surface area contributed by atoms with Gasteiger partial charge in [-0.15, -0.1) is 0 Å². The van der Waals surface area contributed by atoms with Crippen molar-refractivity contribution in [3.8, 4) is 0 Å². The van der Waals surface area contributed by atoms with E-state index < -0.39 is 0 Å². The normalized spacial score (nSPS) is 17.6. The van der Waals surface area contributed by atoms with E-state index in [2.05, 4.69) is 20.8 Å². The van der Waals surface area contributed by atoms with Gasteiger partial charge in [0.1, 0.15) is 12.6 Å². The summed E-state index contributed by atoms with van der Waals surface area (Å²) in [4.78, 5) is 0. The highest BCUT2D eigenvalue weighted by molar-refractivity contribution is 4.69. The van der Waals surface area contributed by atoms with Gasteiger partial charge in [-0.1, -0.05) is 40.0 Å². The van der Waals surface area contributed by atoms with E-state index in [9.17, 15) is 0 Å². The summed E-state index contributed by atoms with van der Waals surface area (Å²) in [7, 11) is 0.